The first kappa shape index (κ1) is 12.1. The third-order valence-corrected chi connectivity index (χ3v) is 4.20. The molecule has 0 rings (SSSR count). The van der Waals surface area contributed by atoms with Crippen molar-refractivity contribution in [1.29, 1.82) is 0 Å². The lowest BCUT2D eigenvalue weighted by atomic mass is 10.5. The molecule has 12 heavy (non-hydrogen) atoms. The molecule has 0 saturated heterocycles. The molecule has 0 saturated carbocycles. The van der Waals surface area contributed by atoms with Crippen molar-refractivity contribution in [2.45, 2.75) is 18.1 Å². The Morgan fingerprint density at radius 2 is 1.67 bits per heavy atom. The van der Waals surface area contributed by atoms with Crippen LogP contribution in [0.1, 0.15) is 6.42 Å². The van der Waals surface area contributed by atoms with Crippen molar-refractivity contribution in [1.82, 2.24) is 0 Å². The molecule has 0 radical (unpaired) electrons. The van der Waals surface area contributed by atoms with Crippen LogP contribution in [-0.4, -0.2) is 43.0 Å². The fraction of sp³-hybridized carbons (Fsp3) is 1.00. The van der Waals surface area contributed by atoms with Crippen LogP contribution in [0.4, 0.5) is 0 Å². The zero-order valence-corrected chi connectivity index (χ0v) is 9.54. The summed E-state index contributed by atoms with van der Waals surface area (Å²) in [5.41, 5.74) is 4.64. The maximum absolute atomic E-state index is 5.38. The van der Waals surface area contributed by atoms with Crippen LogP contribution < -0.4 is 5.73 Å². The monoisotopic (exact) mass is 193 g/mol. The molecule has 74 valence electrons. The topological polar surface area (TPSA) is 53.7 Å². The summed E-state index contributed by atoms with van der Waals surface area (Å²) in [7, 11) is 4.26. The molecule has 0 aliphatic rings. The molecule has 0 aromatic carbocycles. The predicted molar refractivity (Wildman–Crippen MR) is 50.8 cm³/mol. The van der Waals surface area contributed by atoms with E-state index in [-0.39, 0.29) is 0 Å². The van der Waals surface area contributed by atoms with Crippen molar-refractivity contribution < 1.29 is 14.2 Å². The Labute approximate surface area is 76.2 Å². The third-order valence-electron chi connectivity index (χ3n) is 1.87. The van der Waals surface area contributed by atoms with Crippen molar-refractivity contribution in [2.24, 2.45) is 5.73 Å². The Hall–Kier alpha value is 0.0569. The van der Waals surface area contributed by atoms with Gasteiger partial charge in [-0.25, -0.2) is 0 Å². The molecule has 0 amide bonds. The summed E-state index contributed by atoms with van der Waals surface area (Å²) in [4.78, 5) is 0. The summed E-state index contributed by atoms with van der Waals surface area (Å²) < 4.78 is 15.5. The molecule has 4 nitrogen and oxygen atoms in total. The van der Waals surface area contributed by atoms with E-state index in [9.17, 15) is 0 Å². The summed E-state index contributed by atoms with van der Waals surface area (Å²) in [5, 5.41) is 0. The largest absolute Gasteiger partial charge is 0.335 e. The van der Waals surface area contributed by atoms with E-state index in [2.05, 4.69) is 0 Å². The van der Waals surface area contributed by atoms with Gasteiger partial charge in [0.05, 0.1) is 0 Å². The summed E-state index contributed by atoms with van der Waals surface area (Å²) >= 11 is 0. The minimum absolute atomic E-state index is 0.539. The third kappa shape index (κ3) is 3.64. The van der Waals surface area contributed by atoms with Gasteiger partial charge in [-0.1, -0.05) is 6.04 Å². The van der Waals surface area contributed by atoms with E-state index in [0.29, 0.717) is 0 Å². The van der Waals surface area contributed by atoms with E-state index >= 15 is 0 Å². The standard InChI is InChI=1S/C7H19NO3Si/c1-9-7(10-2,11-3)12-6-4-5-8/h4-6,8,12H2,1-3H3. The number of hydrogen-bond acceptors (Lipinski definition) is 4. The van der Waals surface area contributed by atoms with E-state index in [4.69, 9.17) is 19.9 Å². The van der Waals surface area contributed by atoms with Crippen molar-refractivity contribution in [3.05, 3.63) is 0 Å². The number of nitrogens with two attached hydrogens (primary N) is 1. The van der Waals surface area contributed by atoms with Gasteiger partial charge in [-0.2, -0.15) is 0 Å². The minimum Gasteiger partial charge on any atom is -0.335 e. The second kappa shape index (κ2) is 6.56. The Balaban J connectivity index is 3.76. The van der Waals surface area contributed by atoms with Gasteiger partial charge in [-0.3, -0.25) is 0 Å². The lowest BCUT2D eigenvalue weighted by Crippen LogP contribution is -2.42. The van der Waals surface area contributed by atoms with Gasteiger partial charge in [0.2, 0.25) is 5.60 Å². The first-order chi connectivity index (χ1) is 5.74. The number of methoxy groups -OCH3 is 3. The molecule has 0 aliphatic carbocycles. The van der Waals surface area contributed by atoms with Gasteiger partial charge in [0.25, 0.3) is 0 Å². The molecule has 5 heteroatoms. The summed E-state index contributed by atoms with van der Waals surface area (Å²) in [5.74, 6) is 0. The Morgan fingerprint density at radius 3 is 2.00 bits per heavy atom. The molecule has 0 spiro atoms. The Morgan fingerprint density at radius 1 is 1.17 bits per heavy atom. The van der Waals surface area contributed by atoms with Gasteiger partial charge < -0.3 is 19.9 Å². The molecule has 0 atom stereocenters. The van der Waals surface area contributed by atoms with Gasteiger partial charge >= 0.3 is 0 Å². The van der Waals surface area contributed by atoms with Crippen molar-refractivity contribution >= 4 is 9.52 Å². The van der Waals surface area contributed by atoms with Gasteiger partial charge in [-0.05, 0) is 13.0 Å². The maximum atomic E-state index is 5.38. The van der Waals surface area contributed by atoms with Gasteiger partial charge in [-0.15, -0.1) is 0 Å². The smallest absolute Gasteiger partial charge is 0.248 e. The quantitative estimate of drug-likeness (QED) is 0.336. The lowest BCUT2D eigenvalue weighted by molar-refractivity contribution is -0.294. The van der Waals surface area contributed by atoms with E-state index in [1.54, 1.807) is 21.3 Å². The molecule has 0 aliphatic heterocycles. The van der Waals surface area contributed by atoms with Crippen LogP contribution in [0, 0.1) is 0 Å². The van der Waals surface area contributed by atoms with Crippen LogP contribution in [0.25, 0.3) is 0 Å². The van der Waals surface area contributed by atoms with E-state index in [1.165, 1.54) is 0 Å². The van der Waals surface area contributed by atoms with E-state index in [1.807, 2.05) is 0 Å². The van der Waals surface area contributed by atoms with E-state index < -0.39 is 15.1 Å². The highest BCUT2D eigenvalue weighted by Gasteiger charge is 2.28. The molecule has 0 aromatic rings. The molecule has 0 unspecified atom stereocenters. The lowest BCUT2D eigenvalue weighted by Gasteiger charge is -2.28. The zero-order valence-electron chi connectivity index (χ0n) is 8.13. The second-order valence-corrected chi connectivity index (χ2v) is 4.61. The molecule has 0 bridgehead atoms. The minimum atomic E-state index is -0.741. The van der Waals surface area contributed by atoms with Crippen LogP contribution in [-0.2, 0) is 14.2 Å². The van der Waals surface area contributed by atoms with Gasteiger partial charge in [0.15, 0.2) is 0 Å². The molecule has 2 N–H and O–H groups in total. The molecular weight excluding hydrogens is 174 g/mol. The highest BCUT2D eigenvalue weighted by atomic mass is 28.2. The number of rotatable bonds is 7. The van der Waals surface area contributed by atoms with Crippen LogP contribution in [0.5, 0.6) is 0 Å². The molecular formula is C7H19NO3Si. The first-order valence-electron chi connectivity index (χ1n) is 4.10. The van der Waals surface area contributed by atoms with Crippen LogP contribution in [0.2, 0.25) is 6.04 Å². The normalized spacial score (nSPS) is 13.0. The SMILES string of the molecule is COC(OC)(OC)[SiH2]CCCN. The van der Waals surface area contributed by atoms with Gasteiger partial charge in [0, 0.05) is 21.3 Å². The highest BCUT2D eigenvalue weighted by Crippen LogP contribution is 2.12. The van der Waals surface area contributed by atoms with Crippen molar-refractivity contribution in [2.75, 3.05) is 27.9 Å². The summed E-state index contributed by atoms with van der Waals surface area (Å²) in [6.07, 6.45) is 1.02. The fourth-order valence-corrected chi connectivity index (χ4v) is 2.63. The van der Waals surface area contributed by atoms with E-state index in [0.717, 1.165) is 19.0 Å². The Kier molecular flexibility index (Phi) is 6.59. The van der Waals surface area contributed by atoms with Crippen molar-refractivity contribution in [3.63, 3.8) is 0 Å². The second-order valence-electron chi connectivity index (χ2n) is 2.54. The zero-order chi connectivity index (χ0) is 9.45. The average molecular weight is 193 g/mol. The average Bonchev–Trinajstić information content (AvgIpc) is 2.14. The van der Waals surface area contributed by atoms with Crippen LogP contribution >= 0.6 is 0 Å². The van der Waals surface area contributed by atoms with Crippen molar-refractivity contribution in [3.8, 4) is 0 Å². The van der Waals surface area contributed by atoms with Gasteiger partial charge in [0.1, 0.15) is 9.52 Å². The molecule has 0 aromatic heterocycles. The maximum Gasteiger partial charge on any atom is 0.248 e. The summed E-state index contributed by atoms with van der Waals surface area (Å²) in [6.45, 7) is 0.722. The summed E-state index contributed by atoms with van der Waals surface area (Å²) in [6, 6.07) is 1.08. The predicted octanol–water partition coefficient (Wildman–Crippen LogP) is -0.527. The molecule has 0 fully saturated rings. The number of ether oxygens (including phenoxy) is 3. The number of hydrogen-bond donors (Lipinski definition) is 1. The van der Waals surface area contributed by atoms with Crippen LogP contribution in [0.15, 0.2) is 0 Å². The first-order valence-corrected chi connectivity index (χ1v) is 5.81. The Bertz CT molecular complexity index is 101. The fourth-order valence-electron chi connectivity index (χ4n) is 1.04. The highest BCUT2D eigenvalue weighted by molar-refractivity contribution is 6.38. The van der Waals surface area contributed by atoms with Crippen LogP contribution in [0.3, 0.4) is 0 Å². The molecule has 0 heterocycles.